The minimum atomic E-state index is -0.409. The molecule has 0 amide bonds. The van der Waals surface area contributed by atoms with E-state index in [0.29, 0.717) is 24.6 Å². The van der Waals surface area contributed by atoms with Crippen molar-refractivity contribution < 1.29 is 0 Å². The Hall–Kier alpha value is -2.34. The van der Waals surface area contributed by atoms with E-state index in [9.17, 15) is 9.59 Å². The highest BCUT2D eigenvalue weighted by molar-refractivity contribution is 5.53. The minimum Gasteiger partial charge on any atom is -0.358 e. The first kappa shape index (κ1) is 15.6. The third-order valence-electron chi connectivity index (χ3n) is 4.35. The van der Waals surface area contributed by atoms with Gasteiger partial charge >= 0.3 is 5.69 Å². The topological polar surface area (TPSA) is 70.1 Å². The lowest BCUT2D eigenvalue weighted by molar-refractivity contribution is 0.273. The zero-order valence-corrected chi connectivity index (χ0v) is 13.8. The van der Waals surface area contributed by atoms with Crippen LogP contribution in [-0.4, -0.2) is 27.7 Å². The van der Waals surface area contributed by atoms with Crippen molar-refractivity contribution >= 4 is 5.82 Å². The van der Waals surface area contributed by atoms with E-state index >= 15 is 0 Å². The number of fused-ring (bicyclic) bond motifs is 1. The fraction of sp³-hybridized carbons (Fsp3) is 0.412. The molecule has 6 nitrogen and oxygen atoms in total. The van der Waals surface area contributed by atoms with Crippen LogP contribution in [0.2, 0.25) is 0 Å². The molecule has 2 N–H and O–H groups in total. The van der Waals surface area contributed by atoms with Gasteiger partial charge < -0.3 is 5.32 Å². The number of nitrogens with zero attached hydrogens (tertiary/aromatic N) is 2. The molecular weight excluding hydrogens is 292 g/mol. The van der Waals surface area contributed by atoms with Crippen LogP contribution in [0.15, 0.2) is 27.8 Å². The van der Waals surface area contributed by atoms with Crippen LogP contribution in [0.5, 0.6) is 0 Å². The molecule has 2 heterocycles. The Balaban J connectivity index is 2.15. The van der Waals surface area contributed by atoms with E-state index in [0.717, 1.165) is 24.2 Å². The minimum absolute atomic E-state index is 0.307. The Morgan fingerprint density at radius 3 is 2.65 bits per heavy atom. The predicted octanol–water partition coefficient (Wildman–Crippen LogP) is 1.74. The molecule has 122 valence electrons. The lowest BCUT2D eigenvalue weighted by atomic mass is 10.1. The highest BCUT2D eigenvalue weighted by atomic mass is 16.2. The van der Waals surface area contributed by atoms with Crippen molar-refractivity contribution in [3.8, 4) is 5.69 Å². The molecule has 0 spiro atoms. The van der Waals surface area contributed by atoms with Gasteiger partial charge in [-0.3, -0.25) is 14.7 Å². The summed E-state index contributed by atoms with van der Waals surface area (Å²) in [5.74, 6) is 0.606. The van der Waals surface area contributed by atoms with Gasteiger partial charge in [-0.05, 0) is 50.1 Å². The molecule has 0 radical (unpaired) electrons. The van der Waals surface area contributed by atoms with Gasteiger partial charge in [0, 0.05) is 6.54 Å². The van der Waals surface area contributed by atoms with Gasteiger partial charge in [-0.25, -0.2) is 9.36 Å². The normalized spacial score (nSPS) is 14.4. The Labute approximate surface area is 134 Å². The molecule has 1 aliphatic heterocycles. The largest absolute Gasteiger partial charge is 0.358 e. The maximum absolute atomic E-state index is 12.4. The van der Waals surface area contributed by atoms with E-state index in [4.69, 9.17) is 0 Å². The van der Waals surface area contributed by atoms with Crippen molar-refractivity contribution in [3.63, 3.8) is 0 Å². The molecule has 1 aliphatic rings. The van der Waals surface area contributed by atoms with Crippen LogP contribution in [0.4, 0.5) is 5.82 Å². The quantitative estimate of drug-likeness (QED) is 0.905. The number of anilines is 1. The molecule has 0 bridgehead atoms. The standard InChI is InChI=1S/C17H22N4O2/c1-4-7-20-9-14-15(18-10-20)21(17(23)19-16(14)22)13-6-5-11(2)12(3)8-13/h5-6,8,18H,4,7,9-10H2,1-3H3,(H,19,22,23). The van der Waals surface area contributed by atoms with Crippen LogP contribution in [0.3, 0.4) is 0 Å². The van der Waals surface area contributed by atoms with Gasteiger partial charge in [0.05, 0.1) is 17.9 Å². The van der Waals surface area contributed by atoms with E-state index in [2.05, 4.69) is 22.1 Å². The molecule has 0 aliphatic carbocycles. The summed E-state index contributed by atoms with van der Waals surface area (Å²) in [5, 5.41) is 3.25. The van der Waals surface area contributed by atoms with Gasteiger partial charge in [0.2, 0.25) is 0 Å². The van der Waals surface area contributed by atoms with Crippen molar-refractivity contribution in [3.05, 3.63) is 55.7 Å². The summed E-state index contributed by atoms with van der Waals surface area (Å²) in [6, 6.07) is 5.86. The lowest BCUT2D eigenvalue weighted by Gasteiger charge is -2.30. The number of H-pyrrole nitrogens is 1. The molecule has 0 atom stereocenters. The van der Waals surface area contributed by atoms with E-state index < -0.39 is 5.69 Å². The van der Waals surface area contributed by atoms with Crippen LogP contribution in [0, 0.1) is 13.8 Å². The summed E-state index contributed by atoms with van der Waals surface area (Å²) in [7, 11) is 0. The number of benzene rings is 1. The Kier molecular flexibility index (Phi) is 4.09. The summed E-state index contributed by atoms with van der Waals surface area (Å²) >= 11 is 0. The highest BCUT2D eigenvalue weighted by Gasteiger charge is 2.22. The number of hydrogen-bond acceptors (Lipinski definition) is 4. The molecule has 0 unspecified atom stereocenters. The molecule has 1 aromatic carbocycles. The van der Waals surface area contributed by atoms with Crippen LogP contribution < -0.4 is 16.6 Å². The first-order chi connectivity index (χ1) is 11.0. The smallest absolute Gasteiger partial charge is 0.334 e. The second kappa shape index (κ2) is 6.04. The molecule has 6 heteroatoms. The third kappa shape index (κ3) is 2.82. The monoisotopic (exact) mass is 314 g/mol. The van der Waals surface area contributed by atoms with E-state index in [1.54, 1.807) is 4.57 Å². The van der Waals surface area contributed by atoms with Gasteiger partial charge in [-0.1, -0.05) is 13.0 Å². The Morgan fingerprint density at radius 1 is 1.17 bits per heavy atom. The van der Waals surface area contributed by atoms with E-state index in [1.165, 1.54) is 5.56 Å². The number of hydrogen-bond donors (Lipinski definition) is 2. The first-order valence-electron chi connectivity index (χ1n) is 7.93. The summed E-state index contributed by atoms with van der Waals surface area (Å²) in [6.07, 6.45) is 1.02. The van der Waals surface area contributed by atoms with Crippen LogP contribution in [0.1, 0.15) is 30.0 Å². The second-order valence-corrected chi connectivity index (χ2v) is 6.08. The van der Waals surface area contributed by atoms with Gasteiger partial charge in [0.1, 0.15) is 5.82 Å². The molecule has 23 heavy (non-hydrogen) atoms. The molecule has 0 saturated carbocycles. The van der Waals surface area contributed by atoms with Gasteiger partial charge in [0.25, 0.3) is 5.56 Å². The number of aromatic nitrogens is 2. The van der Waals surface area contributed by atoms with Crippen LogP contribution >= 0.6 is 0 Å². The second-order valence-electron chi connectivity index (χ2n) is 6.08. The van der Waals surface area contributed by atoms with Crippen LogP contribution in [0.25, 0.3) is 5.69 Å². The Morgan fingerprint density at radius 2 is 1.96 bits per heavy atom. The molecule has 0 fully saturated rings. The highest BCUT2D eigenvalue weighted by Crippen LogP contribution is 2.22. The van der Waals surface area contributed by atoms with Crippen molar-refractivity contribution in [2.75, 3.05) is 18.5 Å². The number of nitrogens with one attached hydrogen (secondary N) is 2. The summed E-state index contributed by atoms with van der Waals surface area (Å²) < 4.78 is 1.56. The molecule has 3 rings (SSSR count). The van der Waals surface area contributed by atoms with Crippen LogP contribution in [-0.2, 0) is 6.54 Å². The average Bonchev–Trinajstić information content (AvgIpc) is 2.51. The third-order valence-corrected chi connectivity index (χ3v) is 4.35. The van der Waals surface area contributed by atoms with Crippen molar-refractivity contribution in [1.29, 1.82) is 0 Å². The first-order valence-corrected chi connectivity index (χ1v) is 7.93. The maximum atomic E-state index is 12.4. The summed E-state index contributed by atoms with van der Waals surface area (Å²) in [6.45, 7) is 8.25. The summed E-state index contributed by atoms with van der Waals surface area (Å²) in [4.78, 5) is 29.2. The predicted molar refractivity (Wildman–Crippen MR) is 91.3 cm³/mol. The maximum Gasteiger partial charge on any atom is 0.334 e. The van der Waals surface area contributed by atoms with Gasteiger partial charge in [0.15, 0.2) is 0 Å². The zero-order chi connectivity index (χ0) is 16.6. The average molecular weight is 314 g/mol. The fourth-order valence-corrected chi connectivity index (χ4v) is 2.96. The molecular formula is C17H22N4O2. The fourth-order valence-electron chi connectivity index (χ4n) is 2.96. The van der Waals surface area contributed by atoms with Crippen molar-refractivity contribution in [2.24, 2.45) is 0 Å². The van der Waals surface area contributed by atoms with Crippen molar-refractivity contribution in [2.45, 2.75) is 33.7 Å². The number of aromatic amines is 1. The van der Waals surface area contributed by atoms with Crippen molar-refractivity contribution in [1.82, 2.24) is 14.5 Å². The molecule has 2 aromatic rings. The van der Waals surface area contributed by atoms with E-state index in [-0.39, 0.29) is 5.56 Å². The Bertz CT molecular complexity index is 851. The van der Waals surface area contributed by atoms with Gasteiger partial charge in [-0.2, -0.15) is 0 Å². The molecule has 1 aromatic heterocycles. The SMILES string of the molecule is CCCN1CNc2c(c(=O)[nH]c(=O)n2-c2ccc(C)c(C)c2)C1. The molecule has 0 saturated heterocycles. The zero-order valence-electron chi connectivity index (χ0n) is 13.8. The van der Waals surface area contributed by atoms with Gasteiger partial charge in [-0.15, -0.1) is 0 Å². The lowest BCUT2D eigenvalue weighted by Crippen LogP contribution is -2.43. The number of rotatable bonds is 3. The van der Waals surface area contributed by atoms with E-state index in [1.807, 2.05) is 32.0 Å². The number of aryl methyl sites for hydroxylation is 2. The summed E-state index contributed by atoms with van der Waals surface area (Å²) in [5.41, 5.74) is 2.94.